The van der Waals surface area contributed by atoms with Crippen LogP contribution in [-0.4, -0.2) is 36.8 Å². The van der Waals surface area contributed by atoms with Gasteiger partial charge < -0.3 is 9.64 Å². The minimum absolute atomic E-state index is 0.0493. The molecule has 0 N–H and O–H groups in total. The fraction of sp³-hybridized carbons (Fsp3) is 0.417. The van der Waals surface area contributed by atoms with Crippen LogP contribution in [0.1, 0.15) is 10.9 Å². The van der Waals surface area contributed by atoms with Crippen LogP contribution in [0.3, 0.4) is 0 Å². The molecule has 0 saturated carbocycles. The summed E-state index contributed by atoms with van der Waals surface area (Å²) < 4.78 is 18.0. The highest BCUT2D eigenvalue weighted by atomic mass is 32.2. The van der Waals surface area contributed by atoms with E-state index in [9.17, 15) is 9.18 Å². The highest BCUT2D eigenvalue weighted by molar-refractivity contribution is 7.99. The van der Waals surface area contributed by atoms with Gasteiger partial charge in [0.1, 0.15) is 17.8 Å². The van der Waals surface area contributed by atoms with Gasteiger partial charge in [0, 0.05) is 19.4 Å². The van der Waals surface area contributed by atoms with Crippen molar-refractivity contribution in [1.29, 1.82) is 0 Å². The summed E-state index contributed by atoms with van der Waals surface area (Å²) in [6.07, 6.45) is 0. The second kappa shape index (κ2) is 5.51. The van der Waals surface area contributed by atoms with E-state index in [-0.39, 0.29) is 23.7 Å². The number of hydrogen-bond acceptors (Lipinski definition) is 3. The van der Waals surface area contributed by atoms with E-state index in [0.29, 0.717) is 6.54 Å². The predicted octanol–water partition coefficient (Wildman–Crippen LogP) is 2.05. The fourth-order valence-electron chi connectivity index (χ4n) is 1.87. The maximum Gasteiger partial charge on any atom is 0.249 e. The van der Waals surface area contributed by atoms with Gasteiger partial charge in [-0.25, -0.2) is 4.39 Å². The summed E-state index contributed by atoms with van der Waals surface area (Å²) in [5.74, 6) is 0.553. The third-order valence-electron chi connectivity index (χ3n) is 2.61. The molecule has 1 saturated heterocycles. The molecule has 0 unspecified atom stereocenters. The Morgan fingerprint density at radius 2 is 2.47 bits per heavy atom. The van der Waals surface area contributed by atoms with Gasteiger partial charge in [0.15, 0.2) is 0 Å². The Bertz CT molecular complexity index is 413. The first-order chi connectivity index (χ1) is 8.22. The molecule has 1 aliphatic rings. The van der Waals surface area contributed by atoms with Crippen molar-refractivity contribution in [2.45, 2.75) is 5.37 Å². The molecule has 0 radical (unpaired) electrons. The van der Waals surface area contributed by atoms with Gasteiger partial charge in [-0.05, 0) is 17.7 Å². The van der Waals surface area contributed by atoms with Crippen molar-refractivity contribution in [3.8, 4) is 0 Å². The van der Waals surface area contributed by atoms with Crippen molar-refractivity contribution in [3.05, 3.63) is 35.6 Å². The monoisotopic (exact) mass is 255 g/mol. The maximum absolute atomic E-state index is 13.2. The number of halogens is 1. The lowest BCUT2D eigenvalue weighted by molar-refractivity contribution is -0.135. The minimum Gasteiger partial charge on any atom is -0.375 e. The Hall–Kier alpha value is -1.07. The first-order valence-corrected chi connectivity index (χ1v) is 6.42. The number of ether oxygens (including phenoxy) is 1. The van der Waals surface area contributed by atoms with Crippen molar-refractivity contribution in [1.82, 2.24) is 4.90 Å². The molecule has 1 aromatic rings. The fourth-order valence-corrected chi connectivity index (χ4v) is 3.14. The number of benzene rings is 1. The second-order valence-corrected chi connectivity index (χ2v) is 4.99. The van der Waals surface area contributed by atoms with Gasteiger partial charge in [-0.2, -0.15) is 0 Å². The Morgan fingerprint density at radius 3 is 3.18 bits per heavy atom. The van der Waals surface area contributed by atoms with Crippen LogP contribution < -0.4 is 0 Å². The number of carbonyl (C=O) groups excluding carboxylic acids is 1. The normalized spacial score (nSPS) is 19.6. The molecule has 92 valence electrons. The number of hydrogen-bond donors (Lipinski definition) is 0. The molecule has 1 aliphatic heterocycles. The molecule has 1 fully saturated rings. The van der Waals surface area contributed by atoms with E-state index in [4.69, 9.17) is 4.74 Å². The topological polar surface area (TPSA) is 29.5 Å². The average Bonchev–Trinajstić information content (AvgIpc) is 2.78. The Labute approximate surface area is 104 Å². The van der Waals surface area contributed by atoms with Crippen molar-refractivity contribution < 1.29 is 13.9 Å². The molecule has 1 atom stereocenters. The van der Waals surface area contributed by atoms with Gasteiger partial charge >= 0.3 is 0 Å². The minimum atomic E-state index is -0.269. The largest absolute Gasteiger partial charge is 0.375 e. The number of rotatable bonds is 3. The lowest BCUT2D eigenvalue weighted by Gasteiger charge is -2.23. The molecular formula is C12H14FNO2S. The van der Waals surface area contributed by atoms with Gasteiger partial charge in [-0.3, -0.25) is 4.79 Å². The van der Waals surface area contributed by atoms with Gasteiger partial charge in [-0.1, -0.05) is 12.1 Å². The first-order valence-electron chi connectivity index (χ1n) is 5.38. The third kappa shape index (κ3) is 2.79. The number of nitrogens with zero attached hydrogens (tertiary/aromatic N) is 1. The van der Waals surface area contributed by atoms with Crippen LogP contribution in [0.4, 0.5) is 4.39 Å². The van der Waals surface area contributed by atoms with E-state index in [1.807, 2.05) is 6.07 Å². The molecule has 1 amide bonds. The number of amides is 1. The highest BCUT2D eigenvalue weighted by Crippen LogP contribution is 2.37. The average molecular weight is 255 g/mol. The van der Waals surface area contributed by atoms with Crippen LogP contribution in [0.25, 0.3) is 0 Å². The molecule has 1 aromatic carbocycles. The zero-order valence-corrected chi connectivity index (χ0v) is 10.4. The van der Waals surface area contributed by atoms with Crippen molar-refractivity contribution >= 4 is 17.7 Å². The number of thioether (sulfide) groups is 1. The van der Waals surface area contributed by atoms with E-state index >= 15 is 0 Å². The van der Waals surface area contributed by atoms with E-state index in [1.54, 1.807) is 22.7 Å². The molecule has 1 heterocycles. The van der Waals surface area contributed by atoms with Gasteiger partial charge in [0.05, 0.1) is 0 Å². The van der Waals surface area contributed by atoms with E-state index in [1.165, 1.54) is 19.2 Å². The van der Waals surface area contributed by atoms with Crippen molar-refractivity contribution in [2.24, 2.45) is 0 Å². The standard InChI is InChI=1S/C12H14FNO2S/c1-16-8-11(15)14-5-6-17-12(14)9-3-2-4-10(13)7-9/h2-4,7,12H,5-6,8H2,1H3/t12-/m0/s1. The summed E-state index contributed by atoms with van der Waals surface area (Å²) in [6.45, 7) is 0.764. The zero-order valence-electron chi connectivity index (χ0n) is 9.56. The summed E-state index contributed by atoms with van der Waals surface area (Å²) >= 11 is 1.65. The second-order valence-electron chi connectivity index (χ2n) is 3.80. The lowest BCUT2D eigenvalue weighted by atomic mass is 10.2. The van der Waals surface area contributed by atoms with E-state index in [2.05, 4.69) is 0 Å². The van der Waals surface area contributed by atoms with Gasteiger partial charge in [-0.15, -0.1) is 11.8 Å². The highest BCUT2D eigenvalue weighted by Gasteiger charge is 2.30. The summed E-state index contributed by atoms with van der Waals surface area (Å²) in [6, 6.07) is 6.40. The maximum atomic E-state index is 13.2. The molecule has 17 heavy (non-hydrogen) atoms. The smallest absolute Gasteiger partial charge is 0.249 e. The van der Waals surface area contributed by atoms with Crippen molar-refractivity contribution in [2.75, 3.05) is 26.0 Å². The van der Waals surface area contributed by atoms with Crippen LogP contribution in [0.15, 0.2) is 24.3 Å². The Morgan fingerprint density at radius 1 is 1.65 bits per heavy atom. The summed E-state index contributed by atoms with van der Waals surface area (Å²) in [7, 11) is 1.50. The van der Waals surface area contributed by atoms with Gasteiger partial charge in [0.2, 0.25) is 5.91 Å². The molecule has 2 rings (SSSR count). The Kier molecular flexibility index (Phi) is 4.02. The van der Waals surface area contributed by atoms with Crippen LogP contribution in [-0.2, 0) is 9.53 Å². The van der Waals surface area contributed by atoms with Crippen LogP contribution in [0, 0.1) is 5.82 Å². The molecule has 0 aliphatic carbocycles. The number of methoxy groups -OCH3 is 1. The molecule has 3 nitrogen and oxygen atoms in total. The van der Waals surface area contributed by atoms with Crippen LogP contribution in [0.5, 0.6) is 0 Å². The quantitative estimate of drug-likeness (QED) is 0.828. The third-order valence-corrected chi connectivity index (χ3v) is 3.87. The lowest BCUT2D eigenvalue weighted by Crippen LogP contribution is -2.33. The molecule has 0 spiro atoms. The molecular weight excluding hydrogens is 241 g/mol. The molecule has 0 bridgehead atoms. The summed E-state index contributed by atoms with van der Waals surface area (Å²) in [5.41, 5.74) is 0.831. The molecule has 5 heteroatoms. The summed E-state index contributed by atoms with van der Waals surface area (Å²) in [4.78, 5) is 13.5. The van der Waals surface area contributed by atoms with Crippen LogP contribution in [0.2, 0.25) is 0 Å². The van der Waals surface area contributed by atoms with Gasteiger partial charge in [0.25, 0.3) is 0 Å². The first kappa shape index (κ1) is 12.4. The predicted molar refractivity (Wildman–Crippen MR) is 65.2 cm³/mol. The van der Waals surface area contributed by atoms with Crippen LogP contribution >= 0.6 is 11.8 Å². The van der Waals surface area contributed by atoms with E-state index < -0.39 is 0 Å². The zero-order chi connectivity index (χ0) is 12.3. The Balaban J connectivity index is 2.17. The van der Waals surface area contributed by atoms with E-state index in [0.717, 1.165) is 11.3 Å². The number of carbonyl (C=O) groups is 1. The molecule has 0 aromatic heterocycles. The van der Waals surface area contributed by atoms with Crippen molar-refractivity contribution in [3.63, 3.8) is 0 Å². The SMILES string of the molecule is COCC(=O)N1CCS[C@H]1c1cccc(F)c1. The summed E-state index contributed by atoms with van der Waals surface area (Å²) in [5, 5.41) is -0.0895.